The highest BCUT2D eigenvalue weighted by molar-refractivity contribution is 9.10. The van der Waals surface area contributed by atoms with Crippen molar-refractivity contribution in [1.82, 2.24) is 34.1 Å². The molecule has 8 aromatic carbocycles. The summed E-state index contributed by atoms with van der Waals surface area (Å²) in [5.41, 5.74) is 12.0. The molecule has 0 spiro atoms. The lowest BCUT2D eigenvalue weighted by Crippen LogP contribution is -2.41. The van der Waals surface area contributed by atoms with Crippen LogP contribution in [-0.2, 0) is 9.31 Å². The molecule has 6 aromatic heterocycles. The molecule has 1 fully saturated rings. The van der Waals surface area contributed by atoms with E-state index in [1.807, 2.05) is 100 Å². The molecule has 0 bridgehead atoms. The molecule has 0 atom stereocenters. The van der Waals surface area contributed by atoms with Gasteiger partial charge in [-0.05, 0) is 86.7 Å². The second-order valence-electron chi connectivity index (χ2n) is 20.9. The number of rotatable bonds is 8. The first-order chi connectivity index (χ1) is 38.0. The first-order valence-electron chi connectivity index (χ1n) is 25.9. The molecule has 1 aliphatic heterocycles. The van der Waals surface area contributed by atoms with Crippen molar-refractivity contribution >= 4 is 94.5 Å². The molecule has 13 heteroatoms. The molecule has 0 amide bonds. The van der Waals surface area contributed by atoms with E-state index in [4.69, 9.17) is 43.1 Å². The van der Waals surface area contributed by atoms with Gasteiger partial charge in [-0.25, -0.2) is 24.1 Å². The van der Waals surface area contributed by atoms with Crippen molar-refractivity contribution < 1.29 is 18.1 Å². The molecular weight excluding hydrogens is 1030 g/mol. The van der Waals surface area contributed by atoms with Crippen molar-refractivity contribution in [2.24, 2.45) is 0 Å². The summed E-state index contributed by atoms with van der Waals surface area (Å²) in [4.78, 5) is 26.0. The molecule has 0 aliphatic carbocycles. The Bertz CT molecular complexity index is 4690. The van der Waals surface area contributed by atoms with Gasteiger partial charge < -0.3 is 18.1 Å². The zero-order chi connectivity index (χ0) is 52.4. The van der Waals surface area contributed by atoms with E-state index in [2.05, 4.69) is 153 Å². The molecule has 0 saturated carbocycles. The second-order valence-corrected chi connectivity index (χ2v) is 21.8. The van der Waals surface area contributed by atoms with Crippen LogP contribution in [0.3, 0.4) is 0 Å². The summed E-state index contributed by atoms with van der Waals surface area (Å²) in [6.07, 6.45) is 0. The van der Waals surface area contributed by atoms with E-state index < -0.39 is 18.3 Å². The van der Waals surface area contributed by atoms with Gasteiger partial charge in [0.2, 0.25) is 23.3 Å². The first-order valence-corrected chi connectivity index (χ1v) is 26.7. The zero-order valence-electron chi connectivity index (χ0n) is 42.8. The van der Waals surface area contributed by atoms with Crippen LogP contribution in [0.25, 0.3) is 134 Å². The fourth-order valence-corrected chi connectivity index (χ4v) is 11.3. The van der Waals surface area contributed by atoms with E-state index >= 15 is 0 Å². The van der Waals surface area contributed by atoms with Crippen LogP contribution in [0, 0.1) is 0 Å². The summed E-state index contributed by atoms with van der Waals surface area (Å²) < 4.78 is 31.4. The second kappa shape index (κ2) is 17.5. The van der Waals surface area contributed by atoms with Crippen LogP contribution in [0.15, 0.2) is 213 Å². The van der Waals surface area contributed by atoms with Gasteiger partial charge in [-0.2, -0.15) is 9.97 Å². The van der Waals surface area contributed by atoms with Gasteiger partial charge in [0.25, 0.3) is 0 Å². The smallest absolute Gasteiger partial charge is 0.439 e. The SMILES string of the molecule is CC1(C)OB(c2ccc3c(c2)c2c4ccccc4oc2n3-c2nc(-c3ccccc3)cc(-c3ccc(-c4ccc(-c5nc(-c6ccccc6)nc(-n6c7ccc(Br)cc7c7c8ccccc8oc76)n5)cc4)cc3)n2)OC1(C)C. The van der Waals surface area contributed by atoms with Crippen LogP contribution in [0.2, 0.25) is 0 Å². The minimum Gasteiger partial charge on any atom is -0.439 e. The molecule has 1 saturated heterocycles. The third-order valence-electron chi connectivity index (χ3n) is 15.6. The molecule has 1 aliphatic rings. The van der Waals surface area contributed by atoms with Crippen LogP contribution < -0.4 is 5.46 Å². The number of halogens is 1. The highest BCUT2D eigenvalue weighted by Gasteiger charge is 2.52. The van der Waals surface area contributed by atoms with Crippen molar-refractivity contribution in [1.29, 1.82) is 0 Å². The summed E-state index contributed by atoms with van der Waals surface area (Å²) in [7, 11) is -0.533. The van der Waals surface area contributed by atoms with E-state index in [1.165, 1.54) is 0 Å². The van der Waals surface area contributed by atoms with Gasteiger partial charge in [0.1, 0.15) is 11.2 Å². The Morgan fingerprint density at radius 1 is 0.397 bits per heavy atom. The van der Waals surface area contributed by atoms with Crippen LogP contribution in [0.5, 0.6) is 0 Å². The maximum Gasteiger partial charge on any atom is 0.494 e. The Morgan fingerprint density at radius 3 is 1.40 bits per heavy atom. The standard InChI is InChI=1S/C65H45BBrN7O4/c1-64(2)65(3,4)78-66(77-64)44-31-33-52-48(35-44)56-46-19-11-13-21-54(46)75-60(56)73(52)62-68-50(40-15-7-5-8-16-40)37-51(69-62)41-27-23-38(24-28-41)39-25-29-43(30-26-39)59-70-58(42-17-9-6-10-18-42)71-63(72-59)74-53-34-32-45(67)36-49(53)57-47-20-12-14-22-55(47)76-61(57)74/h5-37H,1-4H3. The van der Waals surface area contributed by atoms with Gasteiger partial charge in [-0.1, -0.05) is 174 Å². The lowest BCUT2D eigenvalue weighted by Gasteiger charge is -2.32. The summed E-state index contributed by atoms with van der Waals surface area (Å²) in [6, 6.07) is 68.0. The van der Waals surface area contributed by atoms with Crippen LogP contribution in [-0.4, -0.2) is 52.4 Å². The highest BCUT2D eigenvalue weighted by atomic mass is 79.9. The largest absolute Gasteiger partial charge is 0.494 e. The fraction of sp³-hybridized carbons (Fsp3) is 0.0923. The molecule has 374 valence electrons. The van der Waals surface area contributed by atoms with Gasteiger partial charge in [-0.15, -0.1) is 0 Å². The molecule has 7 heterocycles. The number of hydrogen-bond donors (Lipinski definition) is 0. The minimum atomic E-state index is -0.533. The average Bonchev–Trinajstić information content (AvgIpc) is 4.41. The van der Waals surface area contributed by atoms with Gasteiger partial charge >= 0.3 is 7.12 Å². The van der Waals surface area contributed by atoms with E-state index in [0.717, 1.165) is 109 Å². The molecule has 78 heavy (non-hydrogen) atoms. The molecule has 0 radical (unpaired) electrons. The van der Waals surface area contributed by atoms with Gasteiger partial charge in [0.05, 0.1) is 44.4 Å². The van der Waals surface area contributed by atoms with Crippen molar-refractivity contribution in [3.8, 4) is 68.3 Å². The highest BCUT2D eigenvalue weighted by Crippen LogP contribution is 2.43. The van der Waals surface area contributed by atoms with Gasteiger partial charge in [0.15, 0.2) is 11.6 Å². The number of benzene rings is 8. The van der Waals surface area contributed by atoms with E-state index in [9.17, 15) is 0 Å². The molecule has 0 N–H and O–H groups in total. The first kappa shape index (κ1) is 46.3. The molecule has 15 rings (SSSR count). The Hall–Kier alpha value is -9.01. The number of furan rings is 2. The van der Waals surface area contributed by atoms with Crippen molar-refractivity contribution in [3.05, 3.63) is 205 Å². The lowest BCUT2D eigenvalue weighted by atomic mass is 9.78. The summed E-state index contributed by atoms with van der Waals surface area (Å²) in [6.45, 7) is 8.30. The maximum absolute atomic E-state index is 6.74. The lowest BCUT2D eigenvalue weighted by molar-refractivity contribution is 0.00578. The van der Waals surface area contributed by atoms with Gasteiger partial charge in [-0.3, -0.25) is 0 Å². The number of nitrogens with zero attached hydrogens (tertiary/aromatic N) is 7. The Kier molecular flexibility index (Phi) is 10.4. The van der Waals surface area contributed by atoms with Crippen LogP contribution in [0.4, 0.5) is 0 Å². The predicted molar refractivity (Wildman–Crippen MR) is 314 cm³/mol. The topological polar surface area (TPSA) is 119 Å². The average molecular weight is 1080 g/mol. The summed E-state index contributed by atoms with van der Waals surface area (Å²) in [5, 5.41) is 6.04. The zero-order valence-corrected chi connectivity index (χ0v) is 44.4. The summed E-state index contributed by atoms with van der Waals surface area (Å²) in [5.74, 6) is 2.05. The van der Waals surface area contributed by atoms with Crippen LogP contribution >= 0.6 is 15.9 Å². The van der Waals surface area contributed by atoms with Crippen molar-refractivity contribution in [2.75, 3.05) is 0 Å². The Morgan fingerprint density at radius 2 is 0.833 bits per heavy atom. The quantitative estimate of drug-likeness (QED) is 0.137. The maximum atomic E-state index is 6.74. The predicted octanol–water partition coefficient (Wildman–Crippen LogP) is 15.7. The molecule has 0 unspecified atom stereocenters. The normalized spacial score (nSPS) is 14.3. The molecule has 11 nitrogen and oxygen atoms in total. The number of aromatic nitrogens is 7. The molecule has 14 aromatic rings. The number of para-hydroxylation sites is 2. The van der Waals surface area contributed by atoms with Crippen molar-refractivity contribution in [3.63, 3.8) is 0 Å². The van der Waals surface area contributed by atoms with E-state index in [1.54, 1.807) is 0 Å². The number of fused-ring (bicyclic) bond motifs is 10. The third-order valence-corrected chi connectivity index (χ3v) is 16.1. The monoisotopic (exact) mass is 1080 g/mol. The fourth-order valence-electron chi connectivity index (χ4n) is 10.9. The minimum absolute atomic E-state index is 0.460. The van der Waals surface area contributed by atoms with Crippen molar-refractivity contribution in [2.45, 2.75) is 38.9 Å². The number of hydrogen-bond acceptors (Lipinski definition) is 9. The summed E-state index contributed by atoms with van der Waals surface area (Å²) >= 11 is 3.71. The van der Waals surface area contributed by atoms with E-state index in [0.29, 0.717) is 35.0 Å². The Balaban J connectivity index is 0.810. The van der Waals surface area contributed by atoms with Gasteiger partial charge in [0, 0.05) is 48.3 Å². The van der Waals surface area contributed by atoms with Crippen LogP contribution in [0.1, 0.15) is 27.7 Å². The third kappa shape index (κ3) is 7.44. The Labute approximate surface area is 456 Å². The van der Waals surface area contributed by atoms with E-state index in [-0.39, 0.29) is 0 Å². The molecular formula is C65H45BBrN7O4.